The van der Waals surface area contributed by atoms with Crippen molar-refractivity contribution in [1.82, 2.24) is 0 Å². The Balaban J connectivity index is 2.80. The van der Waals surface area contributed by atoms with Crippen molar-refractivity contribution in [2.45, 2.75) is 13.8 Å². The van der Waals surface area contributed by atoms with Gasteiger partial charge in [-0.15, -0.1) is 0 Å². The van der Waals surface area contributed by atoms with E-state index in [1.165, 1.54) is 13.8 Å². The lowest BCUT2D eigenvalue weighted by molar-refractivity contribution is -0.134. The van der Waals surface area contributed by atoms with Gasteiger partial charge in [-0.05, 0) is 31.9 Å². The summed E-state index contributed by atoms with van der Waals surface area (Å²) in [4.78, 5) is 22.5. The van der Waals surface area contributed by atoms with Crippen LogP contribution in [-0.4, -0.2) is 11.9 Å². The van der Waals surface area contributed by atoms with E-state index < -0.39 is 11.9 Å². The fourth-order valence-corrected chi connectivity index (χ4v) is 2.99. The van der Waals surface area contributed by atoms with Crippen LogP contribution in [0.5, 0.6) is 11.5 Å². The molecule has 0 aliphatic heterocycles. The molecule has 20 heavy (non-hydrogen) atoms. The normalized spacial score (nSPS) is 10.4. The summed E-state index contributed by atoms with van der Waals surface area (Å²) in [6.07, 6.45) is 0. The van der Waals surface area contributed by atoms with Crippen molar-refractivity contribution in [2.75, 3.05) is 0 Å². The van der Waals surface area contributed by atoms with Crippen molar-refractivity contribution in [3.05, 3.63) is 33.2 Å². The van der Waals surface area contributed by atoms with Gasteiger partial charge in [0.1, 0.15) is 0 Å². The van der Waals surface area contributed by atoms with Crippen LogP contribution in [0.3, 0.4) is 0 Å². The highest BCUT2D eigenvalue weighted by atomic mass is 79.9. The zero-order valence-corrected chi connectivity index (χ0v) is 13.9. The molecule has 0 N–H and O–H groups in total. The van der Waals surface area contributed by atoms with E-state index in [-0.39, 0.29) is 11.5 Å². The molecule has 0 heterocycles. The van der Waals surface area contributed by atoms with Crippen molar-refractivity contribution in [2.24, 2.45) is 0 Å². The Hall–Kier alpha value is -1.40. The van der Waals surface area contributed by atoms with E-state index in [1.807, 2.05) is 24.3 Å². The summed E-state index contributed by atoms with van der Waals surface area (Å²) in [6, 6.07) is 7.47. The number of rotatable bonds is 2. The van der Waals surface area contributed by atoms with Gasteiger partial charge in [-0.1, -0.05) is 24.3 Å². The minimum absolute atomic E-state index is 0.179. The average Bonchev–Trinajstić information content (AvgIpc) is 2.39. The Morgan fingerprint density at radius 1 is 0.850 bits per heavy atom. The van der Waals surface area contributed by atoms with Gasteiger partial charge in [0.25, 0.3) is 0 Å². The number of carbonyl (C=O) groups is 2. The van der Waals surface area contributed by atoms with Crippen LogP contribution in [0.2, 0.25) is 0 Å². The molecule has 0 saturated carbocycles. The molecule has 0 bridgehead atoms. The van der Waals surface area contributed by atoms with E-state index in [1.54, 1.807) is 0 Å². The van der Waals surface area contributed by atoms with Gasteiger partial charge in [-0.3, -0.25) is 9.59 Å². The van der Waals surface area contributed by atoms with Gasteiger partial charge in [0.2, 0.25) is 0 Å². The largest absolute Gasteiger partial charge is 0.421 e. The number of esters is 2. The van der Waals surface area contributed by atoms with Gasteiger partial charge in [0.05, 0.1) is 8.95 Å². The van der Waals surface area contributed by atoms with Crippen molar-refractivity contribution < 1.29 is 19.1 Å². The Kier molecular flexibility index (Phi) is 4.45. The molecular weight excluding hydrogens is 392 g/mol. The SMILES string of the molecule is CC(=O)Oc1c(OC(C)=O)c(Br)c2ccccc2c1Br. The van der Waals surface area contributed by atoms with E-state index in [2.05, 4.69) is 31.9 Å². The molecule has 0 unspecified atom stereocenters. The third kappa shape index (κ3) is 2.86. The lowest BCUT2D eigenvalue weighted by Gasteiger charge is -2.15. The van der Waals surface area contributed by atoms with E-state index in [9.17, 15) is 9.59 Å². The highest BCUT2D eigenvalue weighted by Gasteiger charge is 2.22. The van der Waals surface area contributed by atoms with Crippen molar-refractivity contribution >= 4 is 54.6 Å². The second-order valence-corrected chi connectivity index (χ2v) is 5.61. The summed E-state index contributed by atoms with van der Waals surface area (Å²) in [6.45, 7) is 2.57. The molecule has 0 aromatic heterocycles. The maximum atomic E-state index is 11.3. The van der Waals surface area contributed by atoms with Crippen molar-refractivity contribution in [3.63, 3.8) is 0 Å². The van der Waals surface area contributed by atoms with Crippen molar-refractivity contribution in [3.8, 4) is 11.5 Å². The summed E-state index contributed by atoms with van der Waals surface area (Å²) in [5, 5.41) is 1.68. The molecule has 0 spiro atoms. The van der Waals surface area contributed by atoms with Gasteiger partial charge in [-0.2, -0.15) is 0 Å². The molecule has 6 heteroatoms. The van der Waals surface area contributed by atoms with E-state index in [4.69, 9.17) is 9.47 Å². The number of ether oxygens (including phenoxy) is 2. The summed E-state index contributed by atoms with van der Waals surface area (Å²) >= 11 is 6.79. The molecule has 0 aliphatic rings. The predicted molar refractivity (Wildman–Crippen MR) is 82.0 cm³/mol. The lowest BCUT2D eigenvalue weighted by atomic mass is 10.1. The highest BCUT2D eigenvalue weighted by molar-refractivity contribution is 9.11. The van der Waals surface area contributed by atoms with E-state index in [0.29, 0.717) is 8.95 Å². The van der Waals surface area contributed by atoms with E-state index in [0.717, 1.165) is 10.8 Å². The second-order valence-electron chi connectivity index (χ2n) is 4.02. The molecule has 2 aromatic carbocycles. The zero-order valence-electron chi connectivity index (χ0n) is 10.7. The molecule has 0 atom stereocenters. The monoisotopic (exact) mass is 400 g/mol. The van der Waals surface area contributed by atoms with Gasteiger partial charge >= 0.3 is 11.9 Å². The summed E-state index contributed by atoms with van der Waals surface area (Å²) < 4.78 is 11.5. The number of benzene rings is 2. The molecule has 2 aromatic rings. The molecular formula is C14H10Br2O4. The van der Waals surface area contributed by atoms with Gasteiger partial charge in [-0.25, -0.2) is 0 Å². The zero-order chi connectivity index (χ0) is 14.9. The molecule has 2 rings (SSSR count). The van der Waals surface area contributed by atoms with E-state index >= 15 is 0 Å². The summed E-state index contributed by atoms with van der Waals surface area (Å²) in [7, 11) is 0. The number of fused-ring (bicyclic) bond motifs is 1. The molecule has 0 aliphatic carbocycles. The fourth-order valence-electron chi connectivity index (χ4n) is 1.78. The lowest BCUT2D eigenvalue weighted by Crippen LogP contribution is -2.08. The quantitative estimate of drug-likeness (QED) is 0.558. The third-order valence-electron chi connectivity index (χ3n) is 2.50. The standard InChI is InChI=1S/C14H10Br2O4/c1-7(17)19-13-11(15)9-5-3-4-6-10(9)12(16)14(13)20-8(2)18/h3-6H,1-2H3. The van der Waals surface area contributed by atoms with Crippen LogP contribution in [0.4, 0.5) is 0 Å². The summed E-state index contributed by atoms with van der Waals surface area (Å²) in [5.74, 6) is -0.640. The number of halogens is 2. The maximum absolute atomic E-state index is 11.3. The minimum Gasteiger partial charge on any atom is -0.421 e. The molecule has 0 fully saturated rings. The van der Waals surface area contributed by atoms with Crippen LogP contribution in [0, 0.1) is 0 Å². The van der Waals surface area contributed by atoms with Gasteiger partial charge < -0.3 is 9.47 Å². The fraction of sp³-hybridized carbons (Fsp3) is 0.143. The Labute approximate surface area is 132 Å². The third-order valence-corrected chi connectivity index (χ3v) is 4.07. The van der Waals surface area contributed by atoms with Gasteiger partial charge in [0.15, 0.2) is 11.5 Å². The second kappa shape index (κ2) is 5.93. The minimum atomic E-state index is -0.499. The molecule has 0 radical (unpaired) electrons. The first-order valence-corrected chi connectivity index (χ1v) is 7.27. The van der Waals surface area contributed by atoms with Crippen LogP contribution >= 0.6 is 31.9 Å². The summed E-state index contributed by atoms with van der Waals surface area (Å²) in [5.41, 5.74) is 0. The number of hydrogen-bond acceptors (Lipinski definition) is 4. The van der Waals surface area contributed by atoms with Crippen LogP contribution in [0.1, 0.15) is 13.8 Å². The highest BCUT2D eigenvalue weighted by Crippen LogP contribution is 2.47. The smallest absolute Gasteiger partial charge is 0.308 e. The van der Waals surface area contributed by atoms with Crippen LogP contribution in [0.15, 0.2) is 33.2 Å². The van der Waals surface area contributed by atoms with Gasteiger partial charge in [0, 0.05) is 24.6 Å². The molecule has 104 valence electrons. The molecule has 4 nitrogen and oxygen atoms in total. The van der Waals surface area contributed by atoms with Crippen LogP contribution in [-0.2, 0) is 9.59 Å². The first-order chi connectivity index (χ1) is 9.41. The Morgan fingerprint density at radius 3 is 1.50 bits per heavy atom. The topological polar surface area (TPSA) is 52.6 Å². The Morgan fingerprint density at radius 2 is 1.20 bits per heavy atom. The number of hydrogen-bond donors (Lipinski definition) is 0. The van der Waals surface area contributed by atoms with Crippen molar-refractivity contribution in [1.29, 1.82) is 0 Å². The van der Waals surface area contributed by atoms with Crippen LogP contribution < -0.4 is 9.47 Å². The average molecular weight is 402 g/mol. The predicted octanol–water partition coefficient (Wildman–Crippen LogP) is 4.22. The number of carbonyl (C=O) groups excluding carboxylic acids is 2. The molecule has 0 saturated heterocycles. The van der Waals surface area contributed by atoms with Crippen LogP contribution in [0.25, 0.3) is 10.8 Å². The molecule has 0 amide bonds. The first kappa shape index (κ1) is 15.0. The Bertz CT molecular complexity index is 649. The first-order valence-electron chi connectivity index (χ1n) is 5.68. The maximum Gasteiger partial charge on any atom is 0.308 e.